The second-order valence-corrected chi connectivity index (χ2v) is 6.70. The summed E-state index contributed by atoms with van der Waals surface area (Å²) in [5.74, 6) is -0.565. The van der Waals surface area contributed by atoms with Gasteiger partial charge in [-0.1, -0.05) is 12.1 Å². The second kappa shape index (κ2) is 5.72. The predicted molar refractivity (Wildman–Crippen MR) is 81.5 cm³/mol. The van der Waals surface area contributed by atoms with E-state index in [0.717, 1.165) is 17.7 Å². The third-order valence-electron chi connectivity index (χ3n) is 4.53. The molecule has 1 aromatic rings. The van der Waals surface area contributed by atoms with Crippen LogP contribution in [0.15, 0.2) is 29.2 Å². The van der Waals surface area contributed by atoms with Crippen molar-refractivity contribution in [3.8, 4) is 0 Å². The Balaban J connectivity index is 1.81. The smallest absolute Gasteiger partial charge is 0.308 e. The molecule has 1 aliphatic carbocycles. The highest BCUT2D eigenvalue weighted by atomic mass is 32.2. The standard InChI is InChI=1S/C16H19NO3S/c1-21-14-5-3-2-4-11(14)15(18)17-8-12(10-6-7-10)13(9-17)16(19)20/h2-5,10,12-13H,6-9H2,1H3,(H,19,20)/t12-,13+/m1/s1. The number of thioether (sulfide) groups is 1. The number of rotatable bonds is 4. The van der Waals surface area contributed by atoms with Crippen LogP contribution in [-0.4, -0.2) is 41.2 Å². The summed E-state index contributed by atoms with van der Waals surface area (Å²) >= 11 is 1.55. The van der Waals surface area contributed by atoms with Gasteiger partial charge in [-0.15, -0.1) is 11.8 Å². The number of benzene rings is 1. The monoisotopic (exact) mass is 305 g/mol. The van der Waals surface area contributed by atoms with Crippen molar-refractivity contribution >= 4 is 23.6 Å². The molecule has 21 heavy (non-hydrogen) atoms. The number of aliphatic carboxylic acids is 1. The Kier molecular flexibility index (Phi) is 3.93. The molecule has 2 aliphatic rings. The lowest BCUT2D eigenvalue weighted by atomic mass is 9.92. The van der Waals surface area contributed by atoms with Crippen molar-refractivity contribution in [2.24, 2.45) is 17.8 Å². The molecular weight excluding hydrogens is 286 g/mol. The molecule has 0 radical (unpaired) electrons. The summed E-state index contributed by atoms with van der Waals surface area (Å²) in [6.45, 7) is 0.932. The quantitative estimate of drug-likeness (QED) is 0.869. The number of hydrogen-bond acceptors (Lipinski definition) is 3. The minimum Gasteiger partial charge on any atom is -0.481 e. The summed E-state index contributed by atoms with van der Waals surface area (Å²) < 4.78 is 0. The Morgan fingerprint density at radius 1 is 1.24 bits per heavy atom. The average Bonchev–Trinajstić information content (AvgIpc) is 3.24. The number of amides is 1. The minimum atomic E-state index is -0.764. The van der Waals surface area contributed by atoms with Gasteiger partial charge in [-0.05, 0) is 43.1 Å². The fraction of sp³-hybridized carbons (Fsp3) is 0.500. The summed E-state index contributed by atoms with van der Waals surface area (Å²) in [4.78, 5) is 26.8. The van der Waals surface area contributed by atoms with E-state index in [1.54, 1.807) is 16.7 Å². The van der Waals surface area contributed by atoms with Crippen LogP contribution in [0.25, 0.3) is 0 Å². The van der Waals surface area contributed by atoms with Crippen LogP contribution in [0.3, 0.4) is 0 Å². The van der Waals surface area contributed by atoms with E-state index in [0.29, 0.717) is 24.6 Å². The van der Waals surface area contributed by atoms with E-state index >= 15 is 0 Å². The van der Waals surface area contributed by atoms with Crippen LogP contribution in [0, 0.1) is 17.8 Å². The zero-order chi connectivity index (χ0) is 15.0. The molecule has 0 spiro atoms. The number of carbonyl (C=O) groups is 2. The number of carboxylic acid groups (broad SMARTS) is 1. The van der Waals surface area contributed by atoms with Gasteiger partial charge >= 0.3 is 5.97 Å². The second-order valence-electron chi connectivity index (χ2n) is 5.86. The molecule has 5 heteroatoms. The Morgan fingerprint density at radius 2 is 1.95 bits per heavy atom. The van der Waals surface area contributed by atoms with E-state index < -0.39 is 11.9 Å². The molecule has 0 bridgehead atoms. The van der Waals surface area contributed by atoms with Gasteiger partial charge in [0.05, 0.1) is 11.5 Å². The third kappa shape index (κ3) is 2.79. The Labute approximate surface area is 128 Å². The molecule has 1 aromatic carbocycles. The Bertz CT molecular complexity index is 570. The van der Waals surface area contributed by atoms with Crippen LogP contribution in [0.5, 0.6) is 0 Å². The molecule has 1 N–H and O–H groups in total. The number of nitrogens with zero attached hydrogens (tertiary/aromatic N) is 1. The third-order valence-corrected chi connectivity index (χ3v) is 5.33. The fourth-order valence-corrected chi connectivity index (χ4v) is 3.84. The lowest BCUT2D eigenvalue weighted by Gasteiger charge is -2.18. The molecular formula is C16H19NO3S. The number of carboxylic acids is 1. The van der Waals surface area contributed by atoms with Gasteiger partial charge < -0.3 is 10.0 Å². The van der Waals surface area contributed by atoms with E-state index in [9.17, 15) is 14.7 Å². The van der Waals surface area contributed by atoms with E-state index in [4.69, 9.17) is 0 Å². The van der Waals surface area contributed by atoms with Crippen LogP contribution < -0.4 is 0 Å². The van der Waals surface area contributed by atoms with Crippen molar-refractivity contribution in [3.63, 3.8) is 0 Å². The van der Waals surface area contributed by atoms with Gasteiger partial charge in [0.15, 0.2) is 0 Å². The normalized spacial score (nSPS) is 25.1. The van der Waals surface area contributed by atoms with E-state index in [1.807, 2.05) is 30.5 Å². The van der Waals surface area contributed by atoms with Gasteiger partial charge in [0.2, 0.25) is 0 Å². The SMILES string of the molecule is CSc1ccccc1C(=O)N1C[C@H](C(=O)O)[C@@H](C2CC2)C1. The highest BCUT2D eigenvalue weighted by Crippen LogP contribution is 2.44. The highest BCUT2D eigenvalue weighted by molar-refractivity contribution is 7.98. The first-order valence-electron chi connectivity index (χ1n) is 7.27. The van der Waals surface area contributed by atoms with E-state index in [1.165, 1.54) is 0 Å². The van der Waals surface area contributed by atoms with Gasteiger partial charge in [0, 0.05) is 18.0 Å². The van der Waals surface area contributed by atoms with Crippen LogP contribution in [0.2, 0.25) is 0 Å². The Hall–Kier alpha value is -1.49. The van der Waals surface area contributed by atoms with E-state index in [-0.39, 0.29) is 11.8 Å². The van der Waals surface area contributed by atoms with Gasteiger partial charge in [-0.2, -0.15) is 0 Å². The number of likely N-dealkylation sites (tertiary alicyclic amines) is 1. The summed E-state index contributed by atoms with van der Waals surface area (Å²) in [7, 11) is 0. The molecule has 0 unspecified atom stereocenters. The average molecular weight is 305 g/mol. The summed E-state index contributed by atoms with van der Waals surface area (Å²) in [5.41, 5.74) is 0.686. The molecule has 1 saturated carbocycles. The lowest BCUT2D eigenvalue weighted by molar-refractivity contribution is -0.142. The first-order valence-corrected chi connectivity index (χ1v) is 8.49. The first-order chi connectivity index (χ1) is 10.1. The topological polar surface area (TPSA) is 57.6 Å². The van der Waals surface area contributed by atoms with E-state index in [2.05, 4.69) is 0 Å². The van der Waals surface area contributed by atoms with Crippen molar-refractivity contribution in [1.82, 2.24) is 4.90 Å². The zero-order valence-corrected chi connectivity index (χ0v) is 12.8. The Morgan fingerprint density at radius 3 is 2.57 bits per heavy atom. The zero-order valence-electron chi connectivity index (χ0n) is 12.0. The first kappa shape index (κ1) is 14.4. The summed E-state index contributed by atoms with van der Waals surface area (Å²) in [5, 5.41) is 9.39. The van der Waals surface area contributed by atoms with Crippen molar-refractivity contribution in [2.45, 2.75) is 17.7 Å². The molecule has 2 atom stereocenters. The van der Waals surface area contributed by atoms with Gasteiger partial charge in [-0.3, -0.25) is 9.59 Å². The molecule has 1 heterocycles. The summed E-state index contributed by atoms with van der Waals surface area (Å²) in [6.07, 6.45) is 4.17. The van der Waals surface area contributed by atoms with Gasteiger partial charge in [0.1, 0.15) is 0 Å². The maximum atomic E-state index is 12.7. The van der Waals surface area contributed by atoms with Gasteiger partial charge in [0.25, 0.3) is 5.91 Å². The van der Waals surface area contributed by atoms with Crippen LogP contribution in [0.1, 0.15) is 23.2 Å². The molecule has 3 rings (SSSR count). The van der Waals surface area contributed by atoms with Crippen LogP contribution in [-0.2, 0) is 4.79 Å². The number of hydrogen-bond donors (Lipinski definition) is 1. The minimum absolute atomic E-state index is 0.0330. The van der Waals surface area contributed by atoms with Crippen molar-refractivity contribution in [2.75, 3.05) is 19.3 Å². The molecule has 2 fully saturated rings. The molecule has 4 nitrogen and oxygen atoms in total. The molecule has 112 valence electrons. The highest BCUT2D eigenvalue weighted by Gasteiger charge is 2.47. The van der Waals surface area contributed by atoms with Crippen LogP contribution >= 0.6 is 11.8 Å². The van der Waals surface area contributed by atoms with Crippen molar-refractivity contribution in [1.29, 1.82) is 0 Å². The molecule has 0 aromatic heterocycles. The largest absolute Gasteiger partial charge is 0.481 e. The van der Waals surface area contributed by atoms with Crippen LogP contribution in [0.4, 0.5) is 0 Å². The van der Waals surface area contributed by atoms with Crippen molar-refractivity contribution < 1.29 is 14.7 Å². The number of carbonyl (C=O) groups excluding carboxylic acids is 1. The molecule has 1 saturated heterocycles. The molecule has 1 amide bonds. The lowest BCUT2D eigenvalue weighted by Crippen LogP contribution is -2.30. The fourth-order valence-electron chi connectivity index (χ4n) is 3.25. The van der Waals surface area contributed by atoms with Crippen molar-refractivity contribution in [3.05, 3.63) is 29.8 Å². The predicted octanol–water partition coefficient (Wildman–Crippen LogP) is 2.59. The summed E-state index contributed by atoms with van der Waals surface area (Å²) in [6, 6.07) is 7.53. The molecule has 1 aliphatic heterocycles. The van der Waals surface area contributed by atoms with Gasteiger partial charge in [-0.25, -0.2) is 0 Å². The maximum absolute atomic E-state index is 12.7. The maximum Gasteiger partial charge on any atom is 0.308 e.